The highest BCUT2D eigenvalue weighted by Gasteiger charge is 2.54. The molecule has 1 aromatic carbocycles. The smallest absolute Gasteiger partial charge is 0.000768 e. The molecule has 3 rings (SSSR count). The molecule has 2 aliphatic rings. The number of hydrogen-bond donors (Lipinski definition) is 1. The Balaban J connectivity index is 1.71. The molecule has 16 heavy (non-hydrogen) atoms. The van der Waals surface area contributed by atoms with Crippen molar-refractivity contribution in [3.8, 4) is 0 Å². The number of benzene rings is 1. The summed E-state index contributed by atoms with van der Waals surface area (Å²) in [6, 6.07) is 11.1. The first-order valence-corrected chi connectivity index (χ1v) is 6.55. The minimum atomic E-state index is 0.648. The van der Waals surface area contributed by atoms with Gasteiger partial charge in [-0.05, 0) is 49.1 Å². The molecule has 2 saturated carbocycles. The van der Waals surface area contributed by atoms with Crippen LogP contribution in [0.2, 0.25) is 0 Å². The van der Waals surface area contributed by atoms with Crippen molar-refractivity contribution in [3.05, 3.63) is 35.9 Å². The Morgan fingerprint density at radius 2 is 2.00 bits per heavy atom. The monoisotopic (exact) mass is 215 g/mol. The van der Waals surface area contributed by atoms with Crippen LogP contribution in [-0.4, -0.2) is 13.6 Å². The van der Waals surface area contributed by atoms with Crippen molar-refractivity contribution in [1.29, 1.82) is 0 Å². The molecule has 0 spiro atoms. The lowest BCUT2D eigenvalue weighted by atomic mass is 9.64. The first-order chi connectivity index (χ1) is 7.86. The first-order valence-electron chi connectivity index (χ1n) is 6.55. The summed E-state index contributed by atoms with van der Waals surface area (Å²) < 4.78 is 0. The average molecular weight is 215 g/mol. The van der Waals surface area contributed by atoms with Crippen LogP contribution in [0.15, 0.2) is 30.3 Å². The number of hydrogen-bond acceptors (Lipinski definition) is 1. The fraction of sp³-hybridized carbons (Fsp3) is 0.600. The third kappa shape index (κ3) is 1.58. The van der Waals surface area contributed by atoms with E-state index in [0.717, 1.165) is 11.8 Å². The quantitative estimate of drug-likeness (QED) is 0.813. The van der Waals surface area contributed by atoms with E-state index < -0.39 is 0 Å². The van der Waals surface area contributed by atoms with Crippen LogP contribution in [0.4, 0.5) is 0 Å². The Hall–Kier alpha value is -0.820. The van der Waals surface area contributed by atoms with Crippen molar-refractivity contribution >= 4 is 0 Å². The molecule has 1 N–H and O–H groups in total. The van der Waals surface area contributed by atoms with Crippen molar-refractivity contribution in [1.82, 2.24) is 5.32 Å². The van der Waals surface area contributed by atoms with Crippen LogP contribution in [0.3, 0.4) is 0 Å². The van der Waals surface area contributed by atoms with Gasteiger partial charge in [0.1, 0.15) is 0 Å². The minimum Gasteiger partial charge on any atom is -0.319 e. The number of rotatable bonds is 4. The van der Waals surface area contributed by atoms with E-state index in [9.17, 15) is 0 Å². The minimum absolute atomic E-state index is 0.648. The average Bonchev–Trinajstić information content (AvgIpc) is 3.05. The largest absolute Gasteiger partial charge is 0.319 e. The SMILES string of the molecule is CNCC1(C2CC2c2ccccc2)CCC1. The molecule has 0 aliphatic heterocycles. The summed E-state index contributed by atoms with van der Waals surface area (Å²) in [5, 5.41) is 3.40. The molecule has 0 saturated heterocycles. The van der Waals surface area contributed by atoms with E-state index in [1.54, 1.807) is 5.56 Å². The third-order valence-corrected chi connectivity index (χ3v) is 4.68. The standard InChI is InChI=1S/C15H21N/c1-16-11-15(8-5-9-15)14-10-13(14)12-6-3-2-4-7-12/h2-4,6-7,13-14,16H,5,8-11H2,1H3. The van der Waals surface area contributed by atoms with Gasteiger partial charge in [-0.25, -0.2) is 0 Å². The highest BCUT2D eigenvalue weighted by Crippen LogP contribution is 2.63. The summed E-state index contributed by atoms with van der Waals surface area (Å²) in [6.45, 7) is 1.22. The summed E-state index contributed by atoms with van der Waals surface area (Å²) in [7, 11) is 2.10. The van der Waals surface area contributed by atoms with Gasteiger partial charge in [0, 0.05) is 6.54 Å². The summed E-state index contributed by atoms with van der Waals surface area (Å²) in [5.74, 6) is 1.81. The molecule has 1 aromatic rings. The van der Waals surface area contributed by atoms with Crippen LogP contribution in [0, 0.1) is 11.3 Å². The summed E-state index contributed by atoms with van der Waals surface area (Å²) in [4.78, 5) is 0. The van der Waals surface area contributed by atoms with Crippen LogP contribution in [-0.2, 0) is 0 Å². The Bertz CT molecular complexity index is 353. The molecule has 0 aromatic heterocycles. The molecule has 1 nitrogen and oxygen atoms in total. The molecule has 2 aliphatic carbocycles. The van der Waals surface area contributed by atoms with Crippen LogP contribution in [0.25, 0.3) is 0 Å². The van der Waals surface area contributed by atoms with Crippen molar-refractivity contribution in [2.24, 2.45) is 11.3 Å². The predicted molar refractivity (Wildman–Crippen MR) is 67.5 cm³/mol. The molecule has 2 atom stereocenters. The molecule has 0 bridgehead atoms. The topological polar surface area (TPSA) is 12.0 Å². The molecule has 0 radical (unpaired) electrons. The van der Waals surface area contributed by atoms with Gasteiger partial charge in [-0.3, -0.25) is 0 Å². The van der Waals surface area contributed by atoms with Crippen molar-refractivity contribution in [2.45, 2.75) is 31.6 Å². The van der Waals surface area contributed by atoms with Crippen LogP contribution in [0.1, 0.15) is 37.2 Å². The predicted octanol–water partition coefficient (Wildman–Crippen LogP) is 3.18. The maximum atomic E-state index is 3.40. The van der Waals surface area contributed by atoms with Crippen LogP contribution >= 0.6 is 0 Å². The molecule has 2 unspecified atom stereocenters. The fourth-order valence-electron chi connectivity index (χ4n) is 3.60. The lowest BCUT2D eigenvalue weighted by molar-refractivity contribution is 0.0991. The molecular formula is C15H21N. The van der Waals surface area contributed by atoms with Gasteiger partial charge in [0.05, 0.1) is 0 Å². The Morgan fingerprint density at radius 1 is 1.25 bits per heavy atom. The van der Waals surface area contributed by atoms with Gasteiger partial charge in [0.15, 0.2) is 0 Å². The zero-order chi connectivity index (χ0) is 11.0. The van der Waals surface area contributed by atoms with E-state index in [1.807, 2.05) is 0 Å². The molecule has 0 heterocycles. The van der Waals surface area contributed by atoms with Gasteiger partial charge in [-0.1, -0.05) is 36.8 Å². The zero-order valence-electron chi connectivity index (χ0n) is 10.1. The van der Waals surface area contributed by atoms with Crippen molar-refractivity contribution in [2.75, 3.05) is 13.6 Å². The fourth-order valence-corrected chi connectivity index (χ4v) is 3.60. The maximum Gasteiger partial charge on any atom is 0.000768 e. The van der Waals surface area contributed by atoms with Crippen LogP contribution in [0.5, 0.6) is 0 Å². The Morgan fingerprint density at radius 3 is 2.56 bits per heavy atom. The normalized spacial score (nSPS) is 30.8. The summed E-state index contributed by atoms with van der Waals surface area (Å²) in [6.07, 6.45) is 5.76. The van der Waals surface area contributed by atoms with Gasteiger partial charge < -0.3 is 5.32 Å². The van der Waals surface area contributed by atoms with E-state index in [2.05, 4.69) is 42.7 Å². The van der Waals surface area contributed by atoms with E-state index in [1.165, 1.54) is 32.2 Å². The van der Waals surface area contributed by atoms with Crippen molar-refractivity contribution in [3.63, 3.8) is 0 Å². The van der Waals surface area contributed by atoms with Gasteiger partial charge in [0.25, 0.3) is 0 Å². The highest BCUT2D eigenvalue weighted by atomic mass is 14.9. The lowest BCUT2D eigenvalue weighted by Gasteiger charge is -2.43. The Labute approximate surface area is 98.3 Å². The maximum absolute atomic E-state index is 3.40. The van der Waals surface area contributed by atoms with E-state index >= 15 is 0 Å². The van der Waals surface area contributed by atoms with E-state index in [0.29, 0.717) is 5.41 Å². The second-order valence-electron chi connectivity index (χ2n) is 5.61. The van der Waals surface area contributed by atoms with Gasteiger partial charge in [-0.2, -0.15) is 0 Å². The van der Waals surface area contributed by atoms with Crippen molar-refractivity contribution < 1.29 is 0 Å². The van der Waals surface area contributed by atoms with E-state index in [-0.39, 0.29) is 0 Å². The second kappa shape index (κ2) is 3.89. The summed E-state index contributed by atoms with van der Waals surface area (Å²) in [5.41, 5.74) is 2.21. The molecule has 86 valence electrons. The molecule has 2 fully saturated rings. The third-order valence-electron chi connectivity index (χ3n) is 4.68. The lowest BCUT2D eigenvalue weighted by Crippen LogP contribution is -2.41. The van der Waals surface area contributed by atoms with Gasteiger partial charge in [-0.15, -0.1) is 0 Å². The molecule has 0 amide bonds. The zero-order valence-corrected chi connectivity index (χ0v) is 10.1. The first kappa shape index (κ1) is 10.3. The van der Waals surface area contributed by atoms with Gasteiger partial charge in [0.2, 0.25) is 0 Å². The number of nitrogens with one attached hydrogen (secondary N) is 1. The highest BCUT2D eigenvalue weighted by molar-refractivity contribution is 5.28. The van der Waals surface area contributed by atoms with Crippen LogP contribution < -0.4 is 5.32 Å². The second-order valence-corrected chi connectivity index (χ2v) is 5.61. The van der Waals surface area contributed by atoms with Gasteiger partial charge >= 0.3 is 0 Å². The molecular weight excluding hydrogens is 194 g/mol. The van der Waals surface area contributed by atoms with E-state index in [4.69, 9.17) is 0 Å². The summed E-state index contributed by atoms with van der Waals surface area (Å²) >= 11 is 0. The Kier molecular flexibility index (Phi) is 2.51. The molecule has 1 heteroatoms.